The average molecular weight is 386 g/mol. The molecule has 29 heavy (non-hydrogen) atoms. The number of carbonyl (C=O) groups excluding carboxylic acids is 2. The number of hydrogen-bond acceptors (Lipinski definition) is 4. The predicted molar refractivity (Wildman–Crippen MR) is 111 cm³/mol. The molecule has 0 amide bonds. The normalized spacial score (nSPS) is 13.1. The van der Waals surface area contributed by atoms with Crippen LogP contribution in [0.2, 0.25) is 0 Å². The fraction of sp³-hybridized carbons (Fsp3) is 0.200. The topological polar surface area (TPSA) is 74.6 Å². The first-order chi connectivity index (χ1) is 14.0. The van der Waals surface area contributed by atoms with E-state index < -0.39 is 11.7 Å². The zero-order valence-corrected chi connectivity index (χ0v) is 16.2. The van der Waals surface area contributed by atoms with Crippen molar-refractivity contribution in [2.24, 2.45) is 0 Å². The van der Waals surface area contributed by atoms with Gasteiger partial charge in [-0.2, -0.15) is 0 Å². The third-order valence-corrected chi connectivity index (χ3v) is 5.56. The maximum absolute atomic E-state index is 13.2. The molecule has 0 unspecified atom stereocenters. The van der Waals surface area contributed by atoms with Gasteiger partial charge in [0.2, 0.25) is 5.78 Å². The Kier molecular flexibility index (Phi) is 4.93. The van der Waals surface area contributed by atoms with Gasteiger partial charge in [0.15, 0.2) is 0 Å². The van der Waals surface area contributed by atoms with E-state index in [9.17, 15) is 19.8 Å². The Morgan fingerprint density at radius 1 is 0.862 bits per heavy atom. The van der Waals surface area contributed by atoms with Gasteiger partial charge in [0.05, 0.1) is 17.0 Å². The van der Waals surface area contributed by atoms with Gasteiger partial charge in [-0.15, -0.1) is 0 Å². The monoisotopic (exact) mass is 386 g/mol. The molecule has 0 saturated carbocycles. The number of benzene rings is 3. The highest BCUT2D eigenvalue weighted by Gasteiger charge is 2.37. The zero-order chi connectivity index (χ0) is 20.5. The lowest BCUT2D eigenvalue weighted by Crippen LogP contribution is -2.25. The number of aromatic hydroxyl groups is 2. The summed E-state index contributed by atoms with van der Waals surface area (Å²) in [6.45, 7) is 2.04. The van der Waals surface area contributed by atoms with Gasteiger partial charge in [0.25, 0.3) is 0 Å². The minimum absolute atomic E-state index is 0.0247. The Balaban J connectivity index is 1.64. The van der Waals surface area contributed by atoms with E-state index in [1.165, 1.54) is 23.3 Å². The van der Waals surface area contributed by atoms with Crippen molar-refractivity contribution in [1.82, 2.24) is 0 Å². The maximum atomic E-state index is 13.2. The minimum Gasteiger partial charge on any atom is -0.507 e. The Morgan fingerprint density at radius 2 is 1.41 bits per heavy atom. The second-order valence-corrected chi connectivity index (χ2v) is 7.55. The Hall–Kier alpha value is -3.40. The minimum atomic E-state index is -0.671. The van der Waals surface area contributed by atoms with Crippen molar-refractivity contribution in [3.63, 3.8) is 0 Å². The lowest BCUT2D eigenvalue weighted by atomic mass is 9.74. The number of rotatable bonds is 5. The maximum Gasteiger partial charge on any atom is 0.201 e. The summed E-state index contributed by atoms with van der Waals surface area (Å²) in [6, 6.07) is 17.8. The molecule has 1 aliphatic rings. The van der Waals surface area contributed by atoms with Gasteiger partial charge < -0.3 is 10.2 Å². The molecular formula is C25H22O4. The Bertz CT molecular complexity index is 1040. The van der Waals surface area contributed by atoms with Crippen molar-refractivity contribution in [3.05, 3.63) is 94.0 Å². The molecule has 0 radical (unpaired) electrons. The fourth-order valence-corrected chi connectivity index (χ4v) is 4.10. The molecule has 146 valence electrons. The van der Waals surface area contributed by atoms with Crippen molar-refractivity contribution in [1.29, 1.82) is 0 Å². The van der Waals surface area contributed by atoms with Crippen LogP contribution in [0.4, 0.5) is 0 Å². The number of carbonyl (C=O) groups is 2. The molecule has 0 aliphatic heterocycles. The highest BCUT2D eigenvalue weighted by Crippen LogP contribution is 2.43. The van der Waals surface area contributed by atoms with Crippen LogP contribution in [0.3, 0.4) is 0 Å². The number of ketones is 2. The predicted octanol–water partition coefficient (Wildman–Crippen LogP) is 4.67. The van der Waals surface area contributed by atoms with E-state index in [1.54, 1.807) is 24.3 Å². The van der Waals surface area contributed by atoms with Gasteiger partial charge in [0.1, 0.15) is 17.3 Å². The molecule has 0 bridgehead atoms. The summed E-state index contributed by atoms with van der Waals surface area (Å²) in [4.78, 5) is 26.1. The van der Waals surface area contributed by atoms with Crippen LogP contribution in [-0.2, 0) is 11.2 Å². The van der Waals surface area contributed by atoms with Crippen LogP contribution in [0.25, 0.3) is 0 Å². The van der Waals surface area contributed by atoms with Crippen molar-refractivity contribution in [3.8, 4) is 11.5 Å². The standard InChI is InChI=1S/C25H22O4/c1-15-11-13-16(14-12-15)5-2-8-19(26)22-17-6-3-9-20(27)23(17)25(29)24-18(22)7-4-10-21(24)28/h3-4,6-7,9-14,22,27-28H,2,5,8H2,1H3. The van der Waals surface area contributed by atoms with E-state index in [2.05, 4.69) is 24.3 Å². The second-order valence-electron chi connectivity index (χ2n) is 7.55. The SMILES string of the molecule is Cc1ccc(CCCC(=O)C2c3cccc(O)c3C(=O)c3c(O)cccc32)cc1. The van der Waals surface area contributed by atoms with Gasteiger partial charge in [-0.25, -0.2) is 0 Å². The molecule has 2 N–H and O–H groups in total. The van der Waals surface area contributed by atoms with Crippen molar-refractivity contribution in [2.75, 3.05) is 0 Å². The fourth-order valence-electron chi connectivity index (χ4n) is 4.10. The number of phenols is 2. The molecule has 0 atom stereocenters. The molecule has 0 aromatic heterocycles. The number of phenolic OH excluding ortho intramolecular Hbond substituents is 2. The summed E-state index contributed by atoms with van der Waals surface area (Å²) in [5.41, 5.74) is 3.61. The molecule has 4 heteroatoms. The molecular weight excluding hydrogens is 364 g/mol. The van der Waals surface area contributed by atoms with Crippen LogP contribution in [0.5, 0.6) is 11.5 Å². The van der Waals surface area contributed by atoms with E-state index in [1.807, 2.05) is 6.92 Å². The van der Waals surface area contributed by atoms with Crippen molar-refractivity contribution in [2.45, 2.75) is 32.1 Å². The van der Waals surface area contributed by atoms with E-state index in [0.717, 1.165) is 6.42 Å². The molecule has 0 heterocycles. The van der Waals surface area contributed by atoms with E-state index in [4.69, 9.17) is 0 Å². The summed E-state index contributed by atoms with van der Waals surface area (Å²) in [6.07, 6.45) is 1.82. The third-order valence-electron chi connectivity index (χ3n) is 5.56. The van der Waals surface area contributed by atoms with Crippen LogP contribution in [0.1, 0.15) is 56.9 Å². The van der Waals surface area contributed by atoms with Crippen LogP contribution >= 0.6 is 0 Å². The first-order valence-electron chi connectivity index (χ1n) is 9.74. The first-order valence-corrected chi connectivity index (χ1v) is 9.74. The zero-order valence-electron chi connectivity index (χ0n) is 16.2. The molecule has 3 aromatic rings. The summed E-state index contributed by atoms with van der Waals surface area (Å²) in [5, 5.41) is 20.6. The first kappa shape index (κ1) is 18.9. The molecule has 4 nitrogen and oxygen atoms in total. The van der Waals surface area contributed by atoms with Crippen molar-refractivity contribution >= 4 is 11.6 Å². The van der Waals surface area contributed by atoms with Crippen LogP contribution in [0.15, 0.2) is 60.7 Å². The van der Waals surface area contributed by atoms with E-state index in [0.29, 0.717) is 24.0 Å². The van der Waals surface area contributed by atoms with Crippen LogP contribution in [0, 0.1) is 6.92 Å². The van der Waals surface area contributed by atoms with Gasteiger partial charge in [-0.3, -0.25) is 9.59 Å². The molecule has 1 aliphatic carbocycles. The second kappa shape index (κ2) is 7.55. The molecule has 0 spiro atoms. The van der Waals surface area contributed by atoms with Crippen molar-refractivity contribution < 1.29 is 19.8 Å². The van der Waals surface area contributed by atoms with Gasteiger partial charge in [-0.05, 0) is 48.6 Å². The molecule has 0 saturated heterocycles. The van der Waals surface area contributed by atoms with E-state index >= 15 is 0 Å². The Labute approximate surface area is 169 Å². The number of hydrogen-bond donors (Lipinski definition) is 2. The van der Waals surface area contributed by atoms with Gasteiger partial charge in [0, 0.05) is 6.42 Å². The van der Waals surface area contributed by atoms with Crippen LogP contribution < -0.4 is 0 Å². The number of aryl methyl sites for hydroxylation is 2. The quantitative estimate of drug-likeness (QED) is 0.668. The molecule has 4 rings (SSSR count). The highest BCUT2D eigenvalue weighted by molar-refractivity contribution is 6.18. The Morgan fingerprint density at radius 3 is 1.97 bits per heavy atom. The number of fused-ring (bicyclic) bond motifs is 2. The smallest absolute Gasteiger partial charge is 0.201 e. The average Bonchev–Trinajstić information content (AvgIpc) is 2.69. The summed E-state index contributed by atoms with van der Waals surface area (Å²) < 4.78 is 0. The van der Waals surface area contributed by atoms with Gasteiger partial charge in [-0.1, -0.05) is 54.1 Å². The number of Topliss-reactive ketones (excluding diaryl/α,β-unsaturated/α-hetero) is 1. The van der Waals surface area contributed by atoms with E-state index in [-0.39, 0.29) is 28.4 Å². The molecule has 3 aromatic carbocycles. The highest BCUT2D eigenvalue weighted by atomic mass is 16.3. The summed E-state index contributed by atoms with van der Waals surface area (Å²) >= 11 is 0. The molecule has 0 fully saturated rings. The summed E-state index contributed by atoms with van der Waals surface area (Å²) in [7, 11) is 0. The van der Waals surface area contributed by atoms with Crippen LogP contribution in [-0.4, -0.2) is 21.8 Å². The lowest BCUT2D eigenvalue weighted by molar-refractivity contribution is -0.119. The summed E-state index contributed by atoms with van der Waals surface area (Å²) in [5.74, 6) is -1.48. The largest absolute Gasteiger partial charge is 0.507 e. The third kappa shape index (κ3) is 3.42. The van der Waals surface area contributed by atoms with Gasteiger partial charge >= 0.3 is 0 Å². The lowest BCUT2D eigenvalue weighted by Gasteiger charge is -2.27.